The number of hydrogen-bond donors (Lipinski definition) is 1. The molecule has 7 heteroatoms. The maximum atomic E-state index is 11.9. The Morgan fingerprint density at radius 1 is 1.03 bits per heavy atom. The van der Waals surface area contributed by atoms with Gasteiger partial charge in [-0.3, -0.25) is 9.48 Å². The first-order valence-electron chi connectivity index (χ1n) is 10.7. The second-order valence-electron chi connectivity index (χ2n) is 7.95. The number of rotatable bonds is 6. The quantitative estimate of drug-likeness (QED) is 0.665. The van der Waals surface area contributed by atoms with E-state index in [0.717, 1.165) is 53.5 Å². The molecule has 3 aromatic rings. The summed E-state index contributed by atoms with van der Waals surface area (Å²) < 4.78 is 13.2. The van der Waals surface area contributed by atoms with Gasteiger partial charge in [0, 0.05) is 56.1 Å². The average Bonchev–Trinajstić information content (AvgIpc) is 3.39. The molecule has 0 spiro atoms. The van der Waals surface area contributed by atoms with Gasteiger partial charge in [0.05, 0.1) is 5.69 Å². The van der Waals surface area contributed by atoms with Crippen LogP contribution in [0.5, 0.6) is 11.5 Å². The Kier molecular flexibility index (Phi) is 5.34. The van der Waals surface area contributed by atoms with E-state index in [9.17, 15) is 4.79 Å². The minimum absolute atomic E-state index is 0.217. The fourth-order valence-corrected chi connectivity index (χ4v) is 4.16. The van der Waals surface area contributed by atoms with Crippen LogP contribution < -0.4 is 19.7 Å². The number of hydrogen-bond acceptors (Lipinski definition) is 5. The molecule has 1 N–H and O–H groups in total. The minimum atomic E-state index is 0.217. The van der Waals surface area contributed by atoms with E-state index in [2.05, 4.69) is 22.5 Å². The highest BCUT2D eigenvalue weighted by molar-refractivity contribution is 5.95. The molecule has 7 nitrogen and oxygen atoms in total. The van der Waals surface area contributed by atoms with Gasteiger partial charge in [0.1, 0.15) is 13.2 Å². The van der Waals surface area contributed by atoms with Crippen molar-refractivity contribution in [3.05, 3.63) is 59.8 Å². The Bertz CT molecular complexity index is 1090. The topological polar surface area (TPSA) is 68.6 Å². The van der Waals surface area contributed by atoms with Gasteiger partial charge < -0.3 is 19.7 Å². The largest absolute Gasteiger partial charge is 0.486 e. The molecule has 160 valence electrons. The number of carbonyl (C=O) groups is 1. The first-order valence-corrected chi connectivity index (χ1v) is 10.7. The third-order valence-electron chi connectivity index (χ3n) is 5.69. The molecular weight excluding hydrogens is 392 g/mol. The molecule has 0 atom stereocenters. The molecule has 2 aromatic carbocycles. The van der Waals surface area contributed by atoms with Gasteiger partial charge in [-0.1, -0.05) is 12.1 Å². The van der Waals surface area contributed by atoms with Gasteiger partial charge >= 0.3 is 0 Å². The van der Waals surface area contributed by atoms with Crippen molar-refractivity contribution in [2.75, 3.05) is 24.7 Å². The molecule has 5 rings (SSSR count). The minimum Gasteiger partial charge on any atom is -0.486 e. The Hall–Kier alpha value is -3.32. The Morgan fingerprint density at radius 2 is 1.84 bits per heavy atom. The number of fused-ring (bicyclic) bond motifs is 1. The van der Waals surface area contributed by atoms with Crippen LogP contribution in [0, 0.1) is 0 Å². The van der Waals surface area contributed by atoms with Gasteiger partial charge in [-0.2, -0.15) is 5.10 Å². The molecule has 1 saturated heterocycles. The molecule has 0 unspecified atom stereocenters. The van der Waals surface area contributed by atoms with Crippen molar-refractivity contribution in [1.82, 2.24) is 15.1 Å². The van der Waals surface area contributed by atoms with Crippen LogP contribution >= 0.6 is 0 Å². The lowest BCUT2D eigenvalue weighted by atomic mass is 10.1. The fraction of sp³-hybridized carbons (Fsp3) is 0.333. The number of ether oxygens (including phenoxy) is 2. The van der Waals surface area contributed by atoms with Crippen LogP contribution in [0.25, 0.3) is 11.3 Å². The van der Waals surface area contributed by atoms with E-state index in [-0.39, 0.29) is 5.91 Å². The Balaban J connectivity index is 1.25. The molecule has 1 aromatic heterocycles. The van der Waals surface area contributed by atoms with E-state index < -0.39 is 0 Å². The van der Waals surface area contributed by atoms with Crippen molar-refractivity contribution in [3.63, 3.8) is 0 Å². The van der Waals surface area contributed by atoms with E-state index in [1.54, 1.807) is 0 Å². The van der Waals surface area contributed by atoms with Crippen molar-refractivity contribution >= 4 is 11.6 Å². The third-order valence-corrected chi connectivity index (χ3v) is 5.69. The van der Waals surface area contributed by atoms with Gasteiger partial charge in [0.15, 0.2) is 11.5 Å². The van der Waals surface area contributed by atoms with Crippen LogP contribution in [0.1, 0.15) is 24.0 Å². The van der Waals surface area contributed by atoms with Gasteiger partial charge in [-0.15, -0.1) is 0 Å². The standard InChI is InChI=1S/C24H26N4O3/c1-27-16-19(24(26-27)18-6-9-21-22(13-18)31-12-11-30-21)15-25-14-17-4-7-20(8-5-17)28-10-2-3-23(28)29/h4-9,13,16,25H,2-3,10-12,14-15H2,1H3. The van der Waals surface area contributed by atoms with Gasteiger partial charge in [0.25, 0.3) is 0 Å². The number of benzene rings is 2. The maximum Gasteiger partial charge on any atom is 0.227 e. The van der Waals surface area contributed by atoms with E-state index >= 15 is 0 Å². The summed E-state index contributed by atoms with van der Waals surface area (Å²) in [5.74, 6) is 1.77. The number of carbonyl (C=O) groups excluding carboxylic acids is 1. The second kappa shape index (κ2) is 8.43. The summed E-state index contributed by atoms with van der Waals surface area (Å²) in [7, 11) is 1.93. The molecule has 0 saturated carbocycles. The summed E-state index contributed by atoms with van der Waals surface area (Å²) in [6.07, 6.45) is 3.64. The van der Waals surface area contributed by atoms with Crippen molar-refractivity contribution in [3.8, 4) is 22.8 Å². The molecule has 0 radical (unpaired) electrons. The summed E-state index contributed by atoms with van der Waals surface area (Å²) in [4.78, 5) is 13.8. The molecule has 1 amide bonds. The lowest BCUT2D eigenvalue weighted by molar-refractivity contribution is -0.117. The molecule has 0 bridgehead atoms. The zero-order chi connectivity index (χ0) is 21.2. The van der Waals surface area contributed by atoms with Gasteiger partial charge in [-0.05, 0) is 42.3 Å². The van der Waals surface area contributed by atoms with Crippen molar-refractivity contribution in [2.24, 2.45) is 7.05 Å². The summed E-state index contributed by atoms with van der Waals surface area (Å²) in [6.45, 7) is 3.41. The van der Waals surface area contributed by atoms with Crippen molar-refractivity contribution in [1.29, 1.82) is 0 Å². The number of anilines is 1. The van der Waals surface area contributed by atoms with Crippen LogP contribution in [0.2, 0.25) is 0 Å². The van der Waals surface area contributed by atoms with E-state index in [1.807, 2.05) is 53.2 Å². The highest BCUT2D eigenvalue weighted by Crippen LogP contribution is 2.35. The van der Waals surface area contributed by atoms with Crippen molar-refractivity contribution < 1.29 is 14.3 Å². The first kappa shape index (κ1) is 19.6. The van der Waals surface area contributed by atoms with Crippen LogP contribution in [0.4, 0.5) is 5.69 Å². The molecule has 2 aliphatic heterocycles. The Labute approximate surface area is 181 Å². The monoisotopic (exact) mass is 418 g/mol. The summed E-state index contributed by atoms with van der Waals surface area (Å²) >= 11 is 0. The summed E-state index contributed by atoms with van der Waals surface area (Å²) in [5.41, 5.74) is 5.24. The predicted molar refractivity (Wildman–Crippen MR) is 118 cm³/mol. The number of amides is 1. The molecule has 2 aliphatic rings. The highest BCUT2D eigenvalue weighted by Gasteiger charge is 2.21. The SMILES string of the molecule is Cn1cc(CNCc2ccc(N3CCCC3=O)cc2)c(-c2ccc3c(c2)OCCO3)n1. The van der Waals surface area contributed by atoms with Gasteiger partial charge in [-0.25, -0.2) is 0 Å². The second-order valence-corrected chi connectivity index (χ2v) is 7.95. The van der Waals surface area contributed by atoms with Crippen LogP contribution in [0.15, 0.2) is 48.7 Å². The third kappa shape index (κ3) is 4.14. The smallest absolute Gasteiger partial charge is 0.227 e. The van der Waals surface area contributed by atoms with Crippen LogP contribution in [-0.4, -0.2) is 35.4 Å². The maximum absolute atomic E-state index is 11.9. The van der Waals surface area contributed by atoms with Gasteiger partial charge in [0.2, 0.25) is 5.91 Å². The summed E-state index contributed by atoms with van der Waals surface area (Å²) in [6, 6.07) is 14.2. The Morgan fingerprint density at radius 3 is 2.61 bits per heavy atom. The van der Waals surface area contributed by atoms with E-state index in [0.29, 0.717) is 26.2 Å². The molecular formula is C24H26N4O3. The highest BCUT2D eigenvalue weighted by atomic mass is 16.6. The molecule has 1 fully saturated rings. The average molecular weight is 418 g/mol. The number of nitrogens with one attached hydrogen (secondary N) is 1. The zero-order valence-electron chi connectivity index (χ0n) is 17.6. The summed E-state index contributed by atoms with van der Waals surface area (Å²) in [5, 5.41) is 8.17. The van der Waals surface area contributed by atoms with Crippen LogP contribution in [-0.2, 0) is 24.9 Å². The first-order chi connectivity index (χ1) is 15.2. The van der Waals surface area contributed by atoms with Crippen molar-refractivity contribution in [2.45, 2.75) is 25.9 Å². The zero-order valence-corrected chi connectivity index (χ0v) is 17.6. The fourth-order valence-electron chi connectivity index (χ4n) is 4.16. The normalized spacial score (nSPS) is 15.5. The lowest BCUT2D eigenvalue weighted by Gasteiger charge is -2.18. The number of aryl methyl sites for hydroxylation is 1. The number of aromatic nitrogens is 2. The number of nitrogens with zero attached hydrogens (tertiary/aromatic N) is 3. The van der Waals surface area contributed by atoms with E-state index in [4.69, 9.17) is 9.47 Å². The van der Waals surface area contributed by atoms with Crippen LogP contribution in [0.3, 0.4) is 0 Å². The molecule has 3 heterocycles. The lowest BCUT2D eigenvalue weighted by Crippen LogP contribution is -2.23. The molecule has 31 heavy (non-hydrogen) atoms. The van der Waals surface area contributed by atoms with E-state index in [1.165, 1.54) is 5.56 Å². The molecule has 0 aliphatic carbocycles. The predicted octanol–water partition coefficient (Wildman–Crippen LogP) is 3.27.